The van der Waals surface area contributed by atoms with E-state index in [4.69, 9.17) is 9.47 Å². The van der Waals surface area contributed by atoms with Crippen LogP contribution < -0.4 is 4.74 Å². The van der Waals surface area contributed by atoms with Crippen LogP contribution >= 0.6 is 0 Å². The van der Waals surface area contributed by atoms with Gasteiger partial charge >= 0.3 is 11.9 Å². The van der Waals surface area contributed by atoms with E-state index in [1.165, 1.54) is 13.8 Å². The van der Waals surface area contributed by atoms with E-state index < -0.39 is 11.9 Å². The van der Waals surface area contributed by atoms with Gasteiger partial charge in [0.1, 0.15) is 12.4 Å². The number of fused-ring (bicyclic) bond motifs is 1. The summed E-state index contributed by atoms with van der Waals surface area (Å²) in [5.74, 6) is -0.438. The molecule has 0 aliphatic heterocycles. The third-order valence-electron chi connectivity index (χ3n) is 3.19. The highest BCUT2D eigenvalue weighted by Crippen LogP contribution is 2.32. The summed E-state index contributed by atoms with van der Waals surface area (Å²) in [5, 5.41) is 0. The van der Waals surface area contributed by atoms with Gasteiger partial charge in [0.05, 0.1) is 0 Å². The van der Waals surface area contributed by atoms with Gasteiger partial charge in [0, 0.05) is 31.4 Å². The summed E-state index contributed by atoms with van der Waals surface area (Å²) in [7, 11) is 0. The maximum Gasteiger partial charge on any atom is 0.308 e. The number of hydrogen-bond acceptors (Lipinski definition) is 5. The first kappa shape index (κ1) is 14.2. The van der Waals surface area contributed by atoms with E-state index >= 15 is 0 Å². The minimum Gasteiger partial charge on any atom is -0.461 e. The van der Waals surface area contributed by atoms with Crippen LogP contribution in [0.1, 0.15) is 48.2 Å². The standard InChI is InChI=1S/C15H16O5/c1-9(16)19-8-13-11-4-3-5-14(18)12(11)6-7-15(13)20-10(2)17/h6-7H,3-5,8H2,1-2H3. The molecule has 5 nitrogen and oxygen atoms in total. The van der Waals surface area contributed by atoms with Crippen molar-refractivity contribution in [1.29, 1.82) is 0 Å². The molecular weight excluding hydrogens is 260 g/mol. The van der Waals surface area contributed by atoms with Crippen molar-refractivity contribution in [2.75, 3.05) is 0 Å². The first-order valence-corrected chi connectivity index (χ1v) is 6.48. The van der Waals surface area contributed by atoms with E-state index in [9.17, 15) is 14.4 Å². The molecular formula is C15H16O5. The molecule has 0 saturated heterocycles. The second kappa shape index (κ2) is 5.86. The van der Waals surface area contributed by atoms with Crippen LogP contribution in [0.3, 0.4) is 0 Å². The van der Waals surface area contributed by atoms with Gasteiger partial charge in [-0.05, 0) is 30.5 Å². The van der Waals surface area contributed by atoms with Gasteiger partial charge in [-0.3, -0.25) is 14.4 Å². The van der Waals surface area contributed by atoms with Crippen molar-refractivity contribution in [3.8, 4) is 5.75 Å². The van der Waals surface area contributed by atoms with Gasteiger partial charge in [-0.1, -0.05) is 0 Å². The fourth-order valence-electron chi connectivity index (χ4n) is 2.36. The summed E-state index contributed by atoms with van der Waals surface area (Å²) in [5.41, 5.74) is 2.07. The molecule has 0 aromatic heterocycles. The fraction of sp³-hybridized carbons (Fsp3) is 0.400. The lowest BCUT2D eigenvalue weighted by atomic mass is 9.87. The molecule has 1 aliphatic carbocycles. The zero-order valence-corrected chi connectivity index (χ0v) is 11.5. The Morgan fingerprint density at radius 3 is 2.55 bits per heavy atom. The second-order valence-electron chi connectivity index (χ2n) is 4.72. The Morgan fingerprint density at radius 2 is 1.90 bits per heavy atom. The molecule has 20 heavy (non-hydrogen) atoms. The monoisotopic (exact) mass is 276 g/mol. The molecule has 1 aromatic rings. The Kier molecular flexibility index (Phi) is 4.17. The summed E-state index contributed by atoms with van der Waals surface area (Å²) < 4.78 is 10.1. The number of benzene rings is 1. The highest BCUT2D eigenvalue weighted by atomic mass is 16.5. The molecule has 0 heterocycles. The zero-order chi connectivity index (χ0) is 14.7. The lowest BCUT2D eigenvalue weighted by Gasteiger charge is -2.20. The minimum atomic E-state index is -0.448. The average molecular weight is 276 g/mol. The molecule has 0 bridgehead atoms. The number of ether oxygens (including phenoxy) is 2. The number of carbonyl (C=O) groups excluding carboxylic acids is 3. The van der Waals surface area contributed by atoms with Gasteiger partial charge in [-0.2, -0.15) is 0 Å². The number of rotatable bonds is 3. The molecule has 0 N–H and O–H groups in total. The summed E-state index contributed by atoms with van der Waals surface area (Å²) in [6.07, 6.45) is 1.99. The van der Waals surface area contributed by atoms with Gasteiger partial charge in [-0.25, -0.2) is 0 Å². The van der Waals surface area contributed by atoms with Gasteiger partial charge < -0.3 is 9.47 Å². The number of hydrogen-bond donors (Lipinski definition) is 0. The van der Waals surface area contributed by atoms with Crippen molar-refractivity contribution in [3.63, 3.8) is 0 Å². The first-order valence-electron chi connectivity index (χ1n) is 6.48. The van der Waals surface area contributed by atoms with E-state index in [1.807, 2.05) is 0 Å². The SMILES string of the molecule is CC(=O)OCc1c(OC(C)=O)ccc2c1CCCC2=O. The fourth-order valence-corrected chi connectivity index (χ4v) is 2.36. The molecule has 0 fully saturated rings. The van der Waals surface area contributed by atoms with Crippen LogP contribution in [0.2, 0.25) is 0 Å². The number of ketones is 1. The van der Waals surface area contributed by atoms with Crippen LogP contribution in [0.4, 0.5) is 0 Å². The maximum atomic E-state index is 11.9. The molecule has 5 heteroatoms. The van der Waals surface area contributed by atoms with Crippen molar-refractivity contribution in [3.05, 3.63) is 28.8 Å². The van der Waals surface area contributed by atoms with Gasteiger partial charge in [0.25, 0.3) is 0 Å². The number of Topliss-reactive ketones (excluding diaryl/α,β-unsaturated/α-hetero) is 1. The van der Waals surface area contributed by atoms with E-state index in [0.717, 1.165) is 12.0 Å². The molecule has 0 spiro atoms. The zero-order valence-electron chi connectivity index (χ0n) is 11.5. The molecule has 2 rings (SSSR count). The Bertz CT molecular complexity index is 574. The second-order valence-corrected chi connectivity index (χ2v) is 4.72. The van der Waals surface area contributed by atoms with Crippen molar-refractivity contribution < 1.29 is 23.9 Å². The summed E-state index contributed by atoms with van der Waals surface area (Å²) in [4.78, 5) is 34.0. The molecule has 1 aromatic carbocycles. The predicted octanol–water partition coefficient (Wildman–Crippen LogP) is 2.19. The molecule has 106 valence electrons. The highest BCUT2D eigenvalue weighted by Gasteiger charge is 2.23. The van der Waals surface area contributed by atoms with Crippen molar-refractivity contribution in [1.82, 2.24) is 0 Å². The van der Waals surface area contributed by atoms with Crippen molar-refractivity contribution >= 4 is 17.7 Å². The Morgan fingerprint density at radius 1 is 1.15 bits per heavy atom. The Hall–Kier alpha value is -2.17. The lowest BCUT2D eigenvalue weighted by Crippen LogP contribution is -2.16. The van der Waals surface area contributed by atoms with Gasteiger partial charge in [-0.15, -0.1) is 0 Å². The summed E-state index contributed by atoms with van der Waals surface area (Å²) in [6.45, 7) is 2.63. The quantitative estimate of drug-likeness (QED) is 0.625. The van der Waals surface area contributed by atoms with Crippen molar-refractivity contribution in [2.45, 2.75) is 39.7 Å². The van der Waals surface area contributed by atoms with Crippen LogP contribution in [-0.4, -0.2) is 17.7 Å². The van der Waals surface area contributed by atoms with Crippen LogP contribution in [0, 0.1) is 0 Å². The van der Waals surface area contributed by atoms with Crippen LogP contribution in [-0.2, 0) is 27.4 Å². The lowest BCUT2D eigenvalue weighted by molar-refractivity contribution is -0.142. The van der Waals surface area contributed by atoms with Gasteiger partial charge in [0.2, 0.25) is 0 Å². The average Bonchev–Trinajstić information content (AvgIpc) is 2.36. The molecule has 0 atom stereocenters. The highest BCUT2D eigenvalue weighted by molar-refractivity contribution is 5.99. The van der Waals surface area contributed by atoms with E-state index in [0.29, 0.717) is 29.7 Å². The number of carbonyl (C=O) groups is 3. The summed E-state index contributed by atoms with van der Waals surface area (Å²) >= 11 is 0. The Labute approximate surface area is 116 Å². The van der Waals surface area contributed by atoms with E-state index in [-0.39, 0.29) is 12.4 Å². The third-order valence-corrected chi connectivity index (χ3v) is 3.19. The smallest absolute Gasteiger partial charge is 0.308 e. The maximum absolute atomic E-state index is 11.9. The van der Waals surface area contributed by atoms with E-state index in [2.05, 4.69) is 0 Å². The molecule has 0 saturated carbocycles. The summed E-state index contributed by atoms with van der Waals surface area (Å²) in [6, 6.07) is 3.26. The van der Waals surface area contributed by atoms with Gasteiger partial charge in [0.15, 0.2) is 5.78 Å². The van der Waals surface area contributed by atoms with Crippen LogP contribution in [0.15, 0.2) is 12.1 Å². The van der Waals surface area contributed by atoms with Crippen LogP contribution in [0.25, 0.3) is 0 Å². The van der Waals surface area contributed by atoms with Crippen LogP contribution in [0.5, 0.6) is 5.75 Å². The number of esters is 2. The molecule has 0 amide bonds. The molecule has 0 radical (unpaired) electrons. The third kappa shape index (κ3) is 3.04. The Balaban J connectivity index is 2.44. The van der Waals surface area contributed by atoms with Crippen molar-refractivity contribution in [2.24, 2.45) is 0 Å². The van der Waals surface area contributed by atoms with E-state index in [1.54, 1.807) is 12.1 Å². The normalized spacial score (nSPS) is 13.6. The largest absolute Gasteiger partial charge is 0.461 e. The predicted molar refractivity (Wildman–Crippen MR) is 70.5 cm³/mol. The molecule has 1 aliphatic rings. The topological polar surface area (TPSA) is 69.7 Å². The minimum absolute atomic E-state index is 0.00833. The molecule has 0 unspecified atom stereocenters. The first-order chi connectivity index (χ1) is 9.49.